The van der Waals surface area contributed by atoms with E-state index in [0.29, 0.717) is 5.69 Å². The minimum absolute atomic E-state index is 0.0191. The molecule has 1 aromatic carbocycles. The van der Waals surface area contributed by atoms with E-state index in [2.05, 4.69) is 15.4 Å². The molecule has 0 atom stereocenters. The van der Waals surface area contributed by atoms with E-state index in [0.717, 1.165) is 21.9 Å². The van der Waals surface area contributed by atoms with Gasteiger partial charge in [0.05, 0.1) is 12.6 Å². The zero-order valence-electron chi connectivity index (χ0n) is 13.3. The summed E-state index contributed by atoms with van der Waals surface area (Å²) >= 11 is 0. The predicted octanol–water partition coefficient (Wildman–Crippen LogP) is 2.06. The number of nitrogens with zero attached hydrogens (tertiary/aromatic N) is 3. The van der Waals surface area contributed by atoms with Crippen LogP contribution in [0.1, 0.15) is 5.69 Å². The molecule has 122 valence electrons. The molecule has 6 heteroatoms. The zero-order valence-corrected chi connectivity index (χ0v) is 13.3. The monoisotopic (exact) mass is 324 g/mol. The fourth-order valence-corrected chi connectivity index (χ4v) is 2.90. The molecular weight excluding hydrogens is 307 g/mol. The van der Waals surface area contributed by atoms with Gasteiger partial charge in [0.15, 0.2) is 11.5 Å². The van der Waals surface area contributed by atoms with Crippen molar-refractivity contribution in [1.29, 1.82) is 0 Å². The number of carbonyl (C=O) groups is 1. The van der Waals surface area contributed by atoms with Crippen molar-refractivity contribution in [2.24, 2.45) is 7.05 Å². The van der Waals surface area contributed by atoms with E-state index >= 15 is 0 Å². The van der Waals surface area contributed by atoms with Gasteiger partial charge in [0.1, 0.15) is 0 Å². The van der Waals surface area contributed by atoms with Gasteiger partial charge in [0.2, 0.25) is 0 Å². The first-order valence-corrected chi connectivity index (χ1v) is 7.84. The van der Waals surface area contributed by atoms with Gasteiger partial charge in [0, 0.05) is 49.2 Å². The summed E-state index contributed by atoms with van der Waals surface area (Å²) in [5.41, 5.74) is 0.940. The van der Waals surface area contributed by atoms with Crippen LogP contribution in [0.5, 0.6) is 0 Å². The number of aryl methyl sites for hydroxylation is 1. The molecule has 1 saturated heterocycles. The highest BCUT2D eigenvalue weighted by Gasteiger charge is 2.44. The fraction of sp³-hybridized carbons (Fsp3) is 0.278. The molecule has 1 aliphatic rings. The molecule has 3 aromatic rings. The summed E-state index contributed by atoms with van der Waals surface area (Å²) < 4.78 is 15.9. The van der Waals surface area contributed by atoms with Crippen LogP contribution in [-0.2, 0) is 18.3 Å². The summed E-state index contributed by atoms with van der Waals surface area (Å²) in [6.07, 6.45) is 5.51. The van der Waals surface area contributed by atoms with E-state index in [1.807, 2.05) is 43.7 Å². The first kappa shape index (κ1) is 15.0. The van der Waals surface area contributed by atoms with E-state index < -0.39 is 11.5 Å². The van der Waals surface area contributed by atoms with Gasteiger partial charge in [0.25, 0.3) is 0 Å². The molecule has 0 spiro atoms. The third kappa shape index (κ3) is 2.59. The smallest absolute Gasteiger partial charge is 0.193 e. The van der Waals surface area contributed by atoms with Crippen molar-refractivity contribution in [3.8, 4) is 11.1 Å². The van der Waals surface area contributed by atoms with Gasteiger partial charge in [-0.3, -0.25) is 14.5 Å². The predicted molar refractivity (Wildman–Crippen MR) is 89.4 cm³/mol. The van der Waals surface area contributed by atoms with Crippen LogP contribution in [0.3, 0.4) is 0 Å². The third-order valence-electron chi connectivity index (χ3n) is 4.47. The number of Topliss-reactive ketones (excluding diaryl/α,β-unsaturated/α-hetero) is 1. The number of hydrogen-bond acceptors (Lipinski definition) is 4. The Balaban J connectivity index is 1.65. The van der Waals surface area contributed by atoms with Gasteiger partial charge in [-0.05, 0) is 23.1 Å². The molecule has 0 bridgehead atoms. The second-order valence-corrected chi connectivity index (χ2v) is 6.31. The third-order valence-corrected chi connectivity index (χ3v) is 4.47. The molecule has 0 unspecified atom stereocenters. The largest absolute Gasteiger partial charge is 0.309 e. The maximum Gasteiger partial charge on any atom is 0.193 e. The lowest BCUT2D eigenvalue weighted by atomic mass is 9.91. The summed E-state index contributed by atoms with van der Waals surface area (Å²) in [6, 6.07) is 7.91. The van der Waals surface area contributed by atoms with Crippen LogP contribution in [-0.4, -0.2) is 39.3 Å². The quantitative estimate of drug-likeness (QED) is 0.798. The highest BCUT2D eigenvalue weighted by atomic mass is 19.1. The average molecular weight is 324 g/mol. The van der Waals surface area contributed by atoms with Gasteiger partial charge < -0.3 is 5.32 Å². The second-order valence-electron chi connectivity index (χ2n) is 6.31. The number of pyridine rings is 1. The van der Waals surface area contributed by atoms with Gasteiger partial charge in [-0.2, -0.15) is 5.10 Å². The van der Waals surface area contributed by atoms with Crippen LogP contribution in [0.25, 0.3) is 21.9 Å². The Morgan fingerprint density at radius 1 is 1.25 bits per heavy atom. The summed E-state index contributed by atoms with van der Waals surface area (Å²) in [5, 5.41) is 8.95. The van der Waals surface area contributed by atoms with E-state index in [1.54, 1.807) is 10.9 Å². The SMILES string of the molecule is Cn1cc(-c2ccc3cnc(CC(=O)C4(F)CNC4)cc3c2)cn1. The van der Waals surface area contributed by atoms with Crippen molar-refractivity contribution in [2.75, 3.05) is 13.1 Å². The Morgan fingerprint density at radius 3 is 2.75 bits per heavy atom. The second kappa shape index (κ2) is 5.49. The molecule has 1 fully saturated rings. The fourth-order valence-electron chi connectivity index (χ4n) is 2.90. The van der Waals surface area contributed by atoms with Crippen LogP contribution >= 0.6 is 0 Å². The number of carbonyl (C=O) groups excluding carboxylic acids is 1. The summed E-state index contributed by atoms with van der Waals surface area (Å²) in [4.78, 5) is 16.4. The van der Waals surface area contributed by atoms with Crippen molar-refractivity contribution in [3.63, 3.8) is 0 Å². The van der Waals surface area contributed by atoms with E-state index in [1.165, 1.54) is 0 Å². The molecule has 0 saturated carbocycles. The zero-order chi connectivity index (χ0) is 16.7. The number of rotatable bonds is 4. The van der Waals surface area contributed by atoms with Crippen LogP contribution < -0.4 is 5.32 Å². The van der Waals surface area contributed by atoms with E-state index in [9.17, 15) is 9.18 Å². The normalized spacial score (nSPS) is 16.1. The number of benzene rings is 1. The molecule has 2 aromatic heterocycles. The lowest BCUT2D eigenvalue weighted by Crippen LogP contribution is -2.61. The minimum Gasteiger partial charge on any atom is -0.309 e. The van der Waals surface area contributed by atoms with Crippen LogP contribution in [0.4, 0.5) is 4.39 Å². The van der Waals surface area contributed by atoms with Crippen molar-refractivity contribution >= 4 is 16.6 Å². The number of alkyl halides is 1. The molecule has 0 aliphatic carbocycles. The Bertz CT molecular complexity index is 930. The average Bonchev–Trinajstić information content (AvgIpc) is 2.98. The van der Waals surface area contributed by atoms with Crippen LogP contribution in [0, 0.1) is 0 Å². The van der Waals surface area contributed by atoms with Gasteiger partial charge >= 0.3 is 0 Å². The molecule has 1 aliphatic heterocycles. The van der Waals surface area contributed by atoms with Gasteiger partial charge in [-0.15, -0.1) is 0 Å². The maximum atomic E-state index is 14.1. The molecule has 24 heavy (non-hydrogen) atoms. The number of ketones is 1. The van der Waals surface area contributed by atoms with E-state index in [4.69, 9.17) is 0 Å². The van der Waals surface area contributed by atoms with Crippen molar-refractivity contribution in [2.45, 2.75) is 12.1 Å². The topological polar surface area (TPSA) is 59.8 Å². The van der Waals surface area contributed by atoms with Crippen molar-refractivity contribution < 1.29 is 9.18 Å². The van der Waals surface area contributed by atoms with E-state index in [-0.39, 0.29) is 19.5 Å². The highest BCUT2D eigenvalue weighted by molar-refractivity contribution is 5.92. The number of hydrogen-bond donors (Lipinski definition) is 1. The number of aromatic nitrogens is 3. The Kier molecular flexibility index (Phi) is 3.42. The molecule has 0 radical (unpaired) electrons. The highest BCUT2D eigenvalue weighted by Crippen LogP contribution is 2.25. The Morgan fingerprint density at radius 2 is 2.08 bits per heavy atom. The number of fused-ring (bicyclic) bond motifs is 1. The summed E-state index contributed by atoms with van der Waals surface area (Å²) in [7, 11) is 1.88. The molecule has 5 nitrogen and oxygen atoms in total. The summed E-state index contributed by atoms with van der Waals surface area (Å²) in [6.45, 7) is 0.204. The molecular formula is C18H17FN4O. The van der Waals surface area contributed by atoms with Gasteiger partial charge in [-0.1, -0.05) is 12.1 Å². The molecule has 0 amide bonds. The molecule has 1 N–H and O–H groups in total. The van der Waals surface area contributed by atoms with Crippen LogP contribution in [0.15, 0.2) is 42.9 Å². The Labute approximate surface area is 138 Å². The van der Waals surface area contributed by atoms with Crippen molar-refractivity contribution in [3.05, 3.63) is 48.5 Å². The Hall–Kier alpha value is -2.60. The lowest BCUT2D eigenvalue weighted by Gasteiger charge is -2.33. The number of halogens is 1. The standard InChI is InChI=1S/C18H17FN4O/c1-23-9-15(8-22-23)12-2-3-13-7-21-16(5-14(13)4-12)6-17(24)18(19)10-20-11-18/h2-5,7-9,20H,6,10-11H2,1H3. The van der Waals surface area contributed by atoms with Crippen molar-refractivity contribution in [1.82, 2.24) is 20.1 Å². The number of nitrogens with one attached hydrogen (secondary N) is 1. The molecule has 3 heterocycles. The summed E-state index contributed by atoms with van der Waals surface area (Å²) in [5.74, 6) is -0.406. The first-order chi connectivity index (χ1) is 11.5. The molecule has 4 rings (SSSR count). The minimum atomic E-state index is -1.73. The maximum absolute atomic E-state index is 14.1. The van der Waals surface area contributed by atoms with Gasteiger partial charge in [-0.25, -0.2) is 4.39 Å². The van der Waals surface area contributed by atoms with Crippen LogP contribution in [0.2, 0.25) is 0 Å². The lowest BCUT2D eigenvalue weighted by molar-refractivity contribution is -0.133. The first-order valence-electron chi connectivity index (χ1n) is 7.84.